The molecule has 0 aliphatic carbocycles. The Morgan fingerprint density at radius 2 is 1.74 bits per heavy atom. The van der Waals surface area contributed by atoms with Gasteiger partial charge in [-0.15, -0.1) is 0 Å². The van der Waals surface area contributed by atoms with E-state index in [0.29, 0.717) is 27.9 Å². The number of Topliss-reactive ketones (excluding diaryl/α,β-unsaturated/α-hetero) is 1. The number of carbonyl (C=O) groups is 2. The number of carbonyl (C=O) groups excluding carboxylic acids is 2. The summed E-state index contributed by atoms with van der Waals surface area (Å²) in [5, 5.41) is 11.6. The Morgan fingerprint density at radius 3 is 2.40 bits per heavy atom. The maximum absolute atomic E-state index is 13.4. The maximum atomic E-state index is 13.4. The molecule has 35 heavy (non-hydrogen) atoms. The van der Waals surface area contributed by atoms with Crippen LogP contribution in [0.15, 0.2) is 78.4 Å². The molecule has 2 heterocycles. The summed E-state index contributed by atoms with van der Waals surface area (Å²) >= 11 is 1.30. The molecule has 7 heteroatoms. The molecule has 1 amide bonds. The van der Waals surface area contributed by atoms with Crippen molar-refractivity contribution in [1.82, 2.24) is 4.98 Å². The normalized spacial score (nSPS) is 17.5. The van der Waals surface area contributed by atoms with Crippen molar-refractivity contribution in [3.8, 4) is 5.75 Å². The minimum atomic E-state index is -0.807. The highest BCUT2D eigenvalue weighted by molar-refractivity contribution is 7.22. The van der Waals surface area contributed by atoms with Gasteiger partial charge in [-0.1, -0.05) is 79.8 Å². The number of hydrogen-bond acceptors (Lipinski definition) is 6. The molecule has 1 aliphatic heterocycles. The predicted octanol–water partition coefficient (Wildman–Crippen LogP) is 6.05. The Labute approximate surface area is 207 Å². The number of ether oxygens (including phenoxy) is 1. The molecular weight excluding hydrogens is 460 g/mol. The molecule has 1 saturated heterocycles. The van der Waals surface area contributed by atoms with Gasteiger partial charge in [0, 0.05) is 5.56 Å². The lowest BCUT2D eigenvalue weighted by Crippen LogP contribution is -2.29. The number of methoxy groups -OCH3 is 1. The number of benzene rings is 3. The number of nitrogens with zero attached hydrogens (tertiary/aromatic N) is 2. The lowest BCUT2D eigenvalue weighted by Gasteiger charge is -2.23. The molecule has 0 saturated carbocycles. The summed E-state index contributed by atoms with van der Waals surface area (Å²) in [6.45, 7) is 4.21. The Bertz CT molecular complexity index is 1460. The van der Waals surface area contributed by atoms with Gasteiger partial charge in [0.2, 0.25) is 0 Å². The number of amides is 1. The van der Waals surface area contributed by atoms with Gasteiger partial charge in [0.15, 0.2) is 5.13 Å². The summed E-state index contributed by atoms with van der Waals surface area (Å²) in [4.78, 5) is 32.8. The Balaban J connectivity index is 1.70. The topological polar surface area (TPSA) is 79.7 Å². The second-order valence-electron chi connectivity index (χ2n) is 8.69. The van der Waals surface area contributed by atoms with Crippen LogP contribution >= 0.6 is 11.3 Å². The number of ketones is 1. The van der Waals surface area contributed by atoms with Gasteiger partial charge in [0.1, 0.15) is 11.5 Å². The molecule has 6 nitrogen and oxygen atoms in total. The summed E-state index contributed by atoms with van der Waals surface area (Å²) in [5.41, 5.74) is 3.09. The van der Waals surface area contributed by atoms with Crippen molar-refractivity contribution in [1.29, 1.82) is 0 Å². The molecule has 1 atom stereocenters. The molecule has 1 aliphatic rings. The van der Waals surface area contributed by atoms with Crippen LogP contribution in [0.1, 0.15) is 42.5 Å². The third kappa shape index (κ3) is 3.98. The van der Waals surface area contributed by atoms with Gasteiger partial charge in [-0.3, -0.25) is 14.5 Å². The van der Waals surface area contributed by atoms with E-state index in [9.17, 15) is 14.7 Å². The molecule has 1 unspecified atom stereocenters. The average molecular weight is 485 g/mol. The predicted molar refractivity (Wildman–Crippen MR) is 138 cm³/mol. The first-order chi connectivity index (χ1) is 16.9. The van der Waals surface area contributed by atoms with Gasteiger partial charge in [-0.25, -0.2) is 4.98 Å². The van der Waals surface area contributed by atoms with Crippen molar-refractivity contribution in [3.05, 3.63) is 95.1 Å². The molecule has 176 valence electrons. The van der Waals surface area contributed by atoms with E-state index in [-0.39, 0.29) is 11.3 Å². The molecule has 0 spiro atoms. The van der Waals surface area contributed by atoms with Crippen LogP contribution in [0.2, 0.25) is 0 Å². The first kappa shape index (κ1) is 22.8. The van der Waals surface area contributed by atoms with Gasteiger partial charge < -0.3 is 9.84 Å². The molecule has 1 aromatic heterocycles. The third-order valence-electron chi connectivity index (χ3n) is 6.20. The number of thiazole rings is 1. The molecule has 0 bridgehead atoms. The van der Waals surface area contributed by atoms with Gasteiger partial charge in [0.05, 0.1) is 28.9 Å². The largest absolute Gasteiger partial charge is 0.507 e. The second-order valence-corrected chi connectivity index (χ2v) is 9.70. The highest BCUT2D eigenvalue weighted by atomic mass is 32.1. The van der Waals surface area contributed by atoms with E-state index in [2.05, 4.69) is 18.8 Å². The molecular formula is C28H24N2O4S. The molecule has 0 radical (unpaired) electrons. The standard InChI is InChI=1S/C28H24N2O4S/c1-16(2)17-9-11-18(12-10-17)24-23(25(31)19-7-5-4-6-8-19)26(32)27(33)30(24)28-29-21-14-13-20(34-3)15-22(21)35-28/h4-16,24,31H,1-3H3. The van der Waals surface area contributed by atoms with Gasteiger partial charge in [-0.2, -0.15) is 0 Å². The van der Waals surface area contributed by atoms with Crippen molar-refractivity contribution in [2.45, 2.75) is 25.8 Å². The summed E-state index contributed by atoms with van der Waals surface area (Å²) in [6, 6.07) is 21.3. The van der Waals surface area contributed by atoms with Crippen LogP contribution < -0.4 is 9.64 Å². The highest BCUT2D eigenvalue weighted by Gasteiger charge is 2.48. The molecule has 1 N–H and O–H groups in total. The van der Waals surface area contributed by atoms with Crippen LogP contribution in [-0.4, -0.2) is 28.9 Å². The average Bonchev–Trinajstić information content (AvgIpc) is 3.41. The zero-order chi connectivity index (χ0) is 24.7. The molecule has 4 aromatic rings. The van der Waals surface area contributed by atoms with E-state index in [1.165, 1.54) is 16.2 Å². The fourth-order valence-electron chi connectivity index (χ4n) is 4.28. The summed E-state index contributed by atoms with van der Waals surface area (Å²) in [7, 11) is 1.59. The van der Waals surface area contributed by atoms with E-state index in [1.807, 2.05) is 42.5 Å². The number of hydrogen-bond donors (Lipinski definition) is 1. The number of aliphatic hydroxyl groups excluding tert-OH is 1. The first-order valence-electron chi connectivity index (χ1n) is 11.3. The number of aliphatic hydroxyl groups is 1. The van der Waals surface area contributed by atoms with Crippen LogP contribution in [0.4, 0.5) is 5.13 Å². The van der Waals surface area contributed by atoms with Crippen LogP contribution in [0, 0.1) is 0 Å². The SMILES string of the molecule is COc1ccc2nc(N3C(=O)C(=O)C(=C(O)c4ccccc4)C3c3ccc(C(C)C)cc3)sc2c1. The number of rotatable bonds is 5. The van der Waals surface area contributed by atoms with E-state index >= 15 is 0 Å². The van der Waals surface area contributed by atoms with Crippen LogP contribution in [0.25, 0.3) is 16.0 Å². The lowest BCUT2D eigenvalue weighted by molar-refractivity contribution is -0.132. The molecule has 3 aromatic carbocycles. The Morgan fingerprint density at radius 1 is 1.03 bits per heavy atom. The van der Waals surface area contributed by atoms with Gasteiger partial charge >= 0.3 is 5.91 Å². The van der Waals surface area contributed by atoms with Crippen molar-refractivity contribution < 1.29 is 19.4 Å². The second kappa shape index (κ2) is 9.00. The van der Waals surface area contributed by atoms with Crippen molar-refractivity contribution >= 4 is 44.1 Å². The minimum Gasteiger partial charge on any atom is -0.507 e. The summed E-state index contributed by atoms with van der Waals surface area (Å²) < 4.78 is 6.15. The zero-order valence-corrected chi connectivity index (χ0v) is 20.4. The summed E-state index contributed by atoms with van der Waals surface area (Å²) in [6.07, 6.45) is 0. The Hall–Kier alpha value is -3.97. The monoisotopic (exact) mass is 484 g/mol. The van der Waals surface area contributed by atoms with E-state index < -0.39 is 17.7 Å². The quantitative estimate of drug-likeness (QED) is 0.212. The first-order valence-corrected chi connectivity index (χ1v) is 12.1. The van der Waals surface area contributed by atoms with E-state index in [0.717, 1.165) is 15.8 Å². The fourth-order valence-corrected chi connectivity index (χ4v) is 5.30. The number of anilines is 1. The number of aromatic nitrogens is 1. The fraction of sp³-hybridized carbons (Fsp3) is 0.179. The zero-order valence-electron chi connectivity index (χ0n) is 19.6. The Kier molecular flexibility index (Phi) is 5.86. The van der Waals surface area contributed by atoms with Crippen molar-refractivity contribution in [3.63, 3.8) is 0 Å². The molecule has 5 rings (SSSR count). The van der Waals surface area contributed by atoms with E-state index in [4.69, 9.17) is 4.74 Å². The smallest absolute Gasteiger partial charge is 0.301 e. The van der Waals surface area contributed by atoms with Crippen LogP contribution in [0.5, 0.6) is 5.75 Å². The van der Waals surface area contributed by atoms with Gasteiger partial charge in [-0.05, 0) is 35.2 Å². The van der Waals surface area contributed by atoms with Crippen molar-refractivity contribution in [2.75, 3.05) is 12.0 Å². The lowest BCUT2D eigenvalue weighted by atomic mass is 9.93. The summed E-state index contributed by atoms with van der Waals surface area (Å²) in [5.74, 6) is -0.640. The highest BCUT2D eigenvalue weighted by Crippen LogP contribution is 2.44. The van der Waals surface area contributed by atoms with Crippen LogP contribution in [-0.2, 0) is 9.59 Å². The third-order valence-corrected chi connectivity index (χ3v) is 7.22. The van der Waals surface area contributed by atoms with Crippen molar-refractivity contribution in [2.24, 2.45) is 0 Å². The van der Waals surface area contributed by atoms with Crippen LogP contribution in [0.3, 0.4) is 0 Å². The molecule has 1 fully saturated rings. The maximum Gasteiger partial charge on any atom is 0.301 e. The van der Waals surface area contributed by atoms with Gasteiger partial charge in [0.25, 0.3) is 5.78 Å². The number of fused-ring (bicyclic) bond motifs is 1. The minimum absolute atomic E-state index is 0.0512. The van der Waals surface area contributed by atoms with E-state index in [1.54, 1.807) is 37.4 Å².